The lowest BCUT2D eigenvalue weighted by Crippen LogP contribution is -2.40. The Hall–Kier alpha value is -1.09. The van der Waals surface area contributed by atoms with Crippen LogP contribution in [0, 0.1) is 0 Å². The molecule has 1 heterocycles. The maximum Gasteiger partial charge on any atom is 0.289 e. The van der Waals surface area contributed by atoms with Gasteiger partial charge in [0.2, 0.25) is 5.91 Å². The van der Waals surface area contributed by atoms with E-state index < -0.39 is 0 Å². The molecule has 1 aromatic heterocycles. The van der Waals surface area contributed by atoms with E-state index in [1.165, 1.54) is 4.90 Å². The fourth-order valence-corrected chi connectivity index (χ4v) is 1.86. The van der Waals surface area contributed by atoms with Gasteiger partial charge in [-0.2, -0.15) is 0 Å². The van der Waals surface area contributed by atoms with Crippen LogP contribution in [-0.2, 0) is 9.53 Å². The summed E-state index contributed by atoms with van der Waals surface area (Å²) < 4.78 is 10.5. The lowest BCUT2D eigenvalue weighted by atomic mass is 10.4. The Morgan fingerprint density at radius 1 is 1.32 bits per heavy atom. The Kier molecular flexibility index (Phi) is 10.9. The number of amides is 2. The van der Waals surface area contributed by atoms with Crippen molar-refractivity contribution >= 4 is 40.2 Å². The predicted octanol–water partition coefficient (Wildman–Crippen LogP) is 0.888. The van der Waals surface area contributed by atoms with Gasteiger partial charge >= 0.3 is 0 Å². The van der Waals surface area contributed by atoms with Gasteiger partial charge in [-0.25, -0.2) is 0 Å². The standard InChI is InChI=1S/C13H20BrN3O4.ClH/c1-17(13(19)10-3-4-11(14)21-10)9-12(18)16-6-5-15-7-8-20-2;/h3-4,15H,5-9H2,1-2H3,(H,16,18);1H. The van der Waals surface area contributed by atoms with E-state index in [4.69, 9.17) is 9.15 Å². The van der Waals surface area contributed by atoms with Crippen molar-refractivity contribution in [2.45, 2.75) is 0 Å². The molecule has 0 spiro atoms. The number of nitrogens with one attached hydrogen (secondary N) is 2. The fraction of sp³-hybridized carbons (Fsp3) is 0.538. The minimum atomic E-state index is -0.339. The first-order valence-electron chi connectivity index (χ1n) is 6.51. The minimum Gasteiger partial charge on any atom is -0.444 e. The van der Waals surface area contributed by atoms with Crippen LogP contribution in [0.3, 0.4) is 0 Å². The minimum absolute atomic E-state index is 0. The second-order valence-corrected chi connectivity index (χ2v) is 5.14. The summed E-state index contributed by atoms with van der Waals surface area (Å²) in [5.74, 6) is -0.363. The highest BCUT2D eigenvalue weighted by atomic mass is 79.9. The van der Waals surface area contributed by atoms with Crippen LogP contribution in [0.1, 0.15) is 10.6 Å². The Bertz CT molecular complexity index is 470. The summed E-state index contributed by atoms with van der Waals surface area (Å²) in [6.45, 7) is 2.49. The van der Waals surface area contributed by atoms with Crippen molar-refractivity contribution in [2.75, 3.05) is 46.9 Å². The summed E-state index contributed by atoms with van der Waals surface area (Å²) in [6, 6.07) is 3.19. The molecular weight excluding hydrogens is 378 g/mol. The Labute approximate surface area is 144 Å². The van der Waals surface area contributed by atoms with Crippen LogP contribution >= 0.6 is 28.3 Å². The van der Waals surface area contributed by atoms with Gasteiger partial charge in [-0.05, 0) is 28.1 Å². The van der Waals surface area contributed by atoms with Crippen LogP contribution in [0.4, 0.5) is 0 Å². The fourth-order valence-electron chi connectivity index (χ4n) is 1.55. The number of furan rings is 1. The van der Waals surface area contributed by atoms with Crippen molar-refractivity contribution in [1.82, 2.24) is 15.5 Å². The van der Waals surface area contributed by atoms with E-state index in [1.807, 2.05) is 0 Å². The zero-order chi connectivity index (χ0) is 15.7. The molecule has 0 saturated heterocycles. The van der Waals surface area contributed by atoms with Crippen molar-refractivity contribution in [2.24, 2.45) is 0 Å². The van der Waals surface area contributed by atoms with Crippen LogP contribution in [0.5, 0.6) is 0 Å². The van der Waals surface area contributed by atoms with Crippen molar-refractivity contribution in [3.63, 3.8) is 0 Å². The van der Waals surface area contributed by atoms with E-state index in [2.05, 4.69) is 26.6 Å². The number of hydrogen-bond donors (Lipinski definition) is 2. The summed E-state index contributed by atoms with van der Waals surface area (Å²) in [6.07, 6.45) is 0. The molecule has 0 fully saturated rings. The highest BCUT2D eigenvalue weighted by Gasteiger charge is 2.17. The topological polar surface area (TPSA) is 83.8 Å². The first kappa shape index (κ1) is 20.9. The molecule has 2 N–H and O–H groups in total. The van der Waals surface area contributed by atoms with Crippen LogP contribution in [0.15, 0.2) is 21.2 Å². The number of halogens is 2. The number of likely N-dealkylation sites (N-methyl/N-ethyl adjacent to an activating group) is 1. The molecule has 0 aromatic carbocycles. The lowest BCUT2D eigenvalue weighted by molar-refractivity contribution is -0.121. The van der Waals surface area contributed by atoms with Crippen molar-refractivity contribution in [1.29, 1.82) is 0 Å². The molecule has 0 atom stereocenters. The number of rotatable bonds is 9. The Morgan fingerprint density at radius 3 is 2.64 bits per heavy atom. The second kappa shape index (κ2) is 11.5. The third kappa shape index (κ3) is 7.79. The number of carbonyl (C=O) groups is 2. The molecule has 1 aromatic rings. The third-order valence-electron chi connectivity index (χ3n) is 2.62. The SMILES string of the molecule is COCCNCCNC(=O)CN(C)C(=O)c1ccc(Br)o1.Cl. The summed E-state index contributed by atoms with van der Waals surface area (Å²) in [4.78, 5) is 24.9. The van der Waals surface area contributed by atoms with Crippen LogP contribution < -0.4 is 10.6 Å². The maximum atomic E-state index is 11.9. The molecule has 126 valence electrons. The molecule has 22 heavy (non-hydrogen) atoms. The highest BCUT2D eigenvalue weighted by Crippen LogP contribution is 2.15. The van der Waals surface area contributed by atoms with Crippen molar-refractivity contribution < 1.29 is 18.7 Å². The largest absolute Gasteiger partial charge is 0.444 e. The van der Waals surface area contributed by atoms with E-state index in [9.17, 15) is 9.59 Å². The number of ether oxygens (including phenoxy) is 1. The van der Waals surface area contributed by atoms with E-state index in [-0.39, 0.29) is 36.5 Å². The third-order valence-corrected chi connectivity index (χ3v) is 3.04. The number of nitrogens with zero attached hydrogens (tertiary/aromatic N) is 1. The van der Waals surface area contributed by atoms with Crippen molar-refractivity contribution in [3.05, 3.63) is 22.6 Å². The van der Waals surface area contributed by atoms with Gasteiger partial charge in [0, 0.05) is 33.8 Å². The van der Waals surface area contributed by atoms with Crippen LogP contribution in [0.25, 0.3) is 0 Å². The number of carbonyl (C=O) groups excluding carboxylic acids is 2. The van der Waals surface area contributed by atoms with Crippen LogP contribution in [-0.4, -0.2) is 63.7 Å². The molecule has 0 aliphatic heterocycles. The molecular formula is C13H21BrClN3O4. The second-order valence-electron chi connectivity index (χ2n) is 4.36. The molecule has 7 nitrogen and oxygen atoms in total. The summed E-state index contributed by atoms with van der Waals surface area (Å²) in [5.41, 5.74) is 0. The van der Waals surface area contributed by atoms with E-state index in [0.29, 0.717) is 24.4 Å². The van der Waals surface area contributed by atoms with Gasteiger partial charge in [0.1, 0.15) is 0 Å². The van der Waals surface area contributed by atoms with Gasteiger partial charge in [0.15, 0.2) is 10.4 Å². The van der Waals surface area contributed by atoms with Gasteiger partial charge in [-0.15, -0.1) is 12.4 Å². The Morgan fingerprint density at radius 2 is 2.05 bits per heavy atom. The summed E-state index contributed by atoms with van der Waals surface area (Å²) in [7, 11) is 3.18. The lowest BCUT2D eigenvalue weighted by Gasteiger charge is -2.15. The zero-order valence-electron chi connectivity index (χ0n) is 12.6. The predicted molar refractivity (Wildman–Crippen MR) is 88.4 cm³/mol. The average molecular weight is 399 g/mol. The molecule has 0 aliphatic carbocycles. The number of hydrogen-bond acceptors (Lipinski definition) is 5. The van der Waals surface area contributed by atoms with E-state index in [1.54, 1.807) is 26.3 Å². The molecule has 0 aliphatic rings. The van der Waals surface area contributed by atoms with Gasteiger partial charge in [0.25, 0.3) is 5.91 Å². The molecule has 0 bridgehead atoms. The van der Waals surface area contributed by atoms with Crippen LogP contribution in [0.2, 0.25) is 0 Å². The zero-order valence-corrected chi connectivity index (χ0v) is 15.0. The number of methoxy groups -OCH3 is 1. The molecule has 9 heteroatoms. The summed E-state index contributed by atoms with van der Waals surface area (Å²) >= 11 is 3.13. The highest BCUT2D eigenvalue weighted by molar-refractivity contribution is 9.10. The summed E-state index contributed by atoms with van der Waals surface area (Å²) in [5, 5.41) is 5.83. The molecule has 2 amide bonds. The first-order valence-corrected chi connectivity index (χ1v) is 7.31. The maximum absolute atomic E-state index is 11.9. The molecule has 0 radical (unpaired) electrons. The van der Waals surface area contributed by atoms with Gasteiger partial charge < -0.3 is 24.7 Å². The monoisotopic (exact) mass is 397 g/mol. The van der Waals surface area contributed by atoms with Gasteiger partial charge in [-0.3, -0.25) is 9.59 Å². The van der Waals surface area contributed by atoms with Gasteiger partial charge in [-0.1, -0.05) is 0 Å². The first-order chi connectivity index (χ1) is 10.0. The molecule has 0 unspecified atom stereocenters. The van der Waals surface area contributed by atoms with E-state index >= 15 is 0 Å². The average Bonchev–Trinajstić information content (AvgIpc) is 2.88. The Balaban J connectivity index is 0.00000441. The molecule has 1 rings (SSSR count). The van der Waals surface area contributed by atoms with Crippen molar-refractivity contribution in [3.8, 4) is 0 Å². The quantitative estimate of drug-likeness (QED) is 0.604. The normalized spacial score (nSPS) is 9.95. The van der Waals surface area contributed by atoms with E-state index in [0.717, 1.165) is 6.54 Å². The smallest absolute Gasteiger partial charge is 0.289 e. The van der Waals surface area contributed by atoms with Gasteiger partial charge in [0.05, 0.1) is 13.2 Å². The molecule has 0 saturated carbocycles.